The van der Waals surface area contributed by atoms with E-state index in [2.05, 4.69) is 15.6 Å². The average Bonchev–Trinajstić information content (AvgIpc) is 2.78. The Bertz CT molecular complexity index is 911. The fraction of sp³-hybridized carbons (Fsp3) is 0.381. The SMILES string of the molecule is COc1ccc(C(=O)N[C@H]2CC[C@H]([N+](=O)[O-])CC2)cc1C(=O)NCc1cccnc1. The van der Waals surface area contributed by atoms with Crippen molar-refractivity contribution in [1.82, 2.24) is 15.6 Å². The molecule has 30 heavy (non-hydrogen) atoms. The molecular formula is C21H24N4O5. The highest BCUT2D eigenvalue weighted by atomic mass is 16.6. The number of benzene rings is 1. The minimum Gasteiger partial charge on any atom is -0.496 e. The van der Waals surface area contributed by atoms with Crippen molar-refractivity contribution in [3.63, 3.8) is 0 Å². The van der Waals surface area contributed by atoms with E-state index in [1.54, 1.807) is 30.6 Å². The number of carbonyl (C=O) groups is 2. The predicted octanol–water partition coefficient (Wildman–Crippen LogP) is 2.34. The number of nitro groups is 1. The zero-order valence-corrected chi connectivity index (χ0v) is 16.7. The Morgan fingerprint density at radius 3 is 2.60 bits per heavy atom. The first-order chi connectivity index (χ1) is 14.5. The number of pyridine rings is 1. The van der Waals surface area contributed by atoms with Gasteiger partial charge in [0.15, 0.2) is 0 Å². The summed E-state index contributed by atoms with van der Waals surface area (Å²) in [4.78, 5) is 39.9. The number of methoxy groups -OCH3 is 1. The van der Waals surface area contributed by atoms with Gasteiger partial charge in [-0.1, -0.05) is 6.07 Å². The smallest absolute Gasteiger partial charge is 0.255 e. The Balaban J connectivity index is 1.65. The van der Waals surface area contributed by atoms with Crippen LogP contribution in [0.2, 0.25) is 0 Å². The van der Waals surface area contributed by atoms with Crippen LogP contribution in [0, 0.1) is 10.1 Å². The van der Waals surface area contributed by atoms with Crippen molar-refractivity contribution in [1.29, 1.82) is 0 Å². The second-order valence-corrected chi connectivity index (χ2v) is 7.22. The Labute approximate surface area is 174 Å². The van der Waals surface area contributed by atoms with E-state index in [9.17, 15) is 19.7 Å². The van der Waals surface area contributed by atoms with Crippen LogP contribution < -0.4 is 15.4 Å². The van der Waals surface area contributed by atoms with Crippen LogP contribution in [0.4, 0.5) is 0 Å². The van der Waals surface area contributed by atoms with Crippen molar-refractivity contribution >= 4 is 11.8 Å². The summed E-state index contributed by atoms with van der Waals surface area (Å²) in [6, 6.07) is 7.66. The van der Waals surface area contributed by atoms with Gasteiger partial charge in [-0.15, -0.1) is 0 Å². The van der Waals surface area contributed by atoms with Crippen molar-refractivity contribution in [3.05, 3.63) is 69.5 Å². The highest BCUT2D eigenvalue weighted by Gasteiger charge is 2.29. The minimum absolute atomic E-state index is 0.112. The van der Waals surface area contributed by atoms with Gasteiger partial charge in [-0.05, 0) is 42.7 Å². The third-order valence-electron chi connectivity index (χ3n) is 5.21. The summed E-state index contributed by atoms with van der Waals surface area (Å²) in [7, 11) is 1.46. The number of hydrogen-bond donors (Lipinski definition) is 2. The molecule has 2 amide bonds. The van der Waals surface area contributed by atoms with Gasteiger partial charge in [0.1, 0.15) is 5.75 Å². The molecule has 3 rings (SSSR count). The predicted molar refractivity (Wildman–Crippen MR) is 109 cm³/mol. The van der Waals surface area contributed by atoms with Crippen LogP contribution in [0.15, 0.2) is 42.7 Å². The maximum atomic E-state index is 12.7. The second-order valence-electron chi connectivity index (χ2n) is 7.22. The summed E-state index contributed by atoms with van der Waals surface area (Å²) in [6.45, 7) is 0.298. The number of carbonyl (C=O) groups excluding carboxylic acids is 2. The lowest BCUT2D eigenvalue weighted by atomic mass is 9.91. The minimum atomic E-state index is -0.533. The Kier molecular flexibility index (Phi) is 6.95. The van der Waals surface area contributed by atoms with E-state index in [1.807, 2.05) is 6.07 Å². The van der Waals surface area contributed by atoms with Crippen molar-refractivity contribution in [3.8, 4) is 5.75 Å². The van der Waals surface area contributed by atoms with Gasteiger partial charge in [0.2, 0.25) is 6.04 Å². The van der Waals surface area contributed by atoms with Crippen molar-refractivity contribution in [2.24, 2.45) is 0 Å². The van der Waals surface area contributed by atoms with E-state index in [-0.39, 0.29) is 28.3 Å². The lowest BCUT2D eigenvalue weighted by Crippen LogP contribution is -2.40. The first-order valence-corrected chi connectivity index (χ1v) is 9.77. The summed E-state index contributed by atoms with van der Waals surface area (Å²) < 4.78 is 5.27. The second kappa shape index (κ2) is 9.82. The van der Waals surface area contributed by atoms with E-state index >= 15 is 0 Å². The summed E-state index contributed by atoms with van der Waals surface area (Å²) >= 11 is 0. The number of nitrogens with zero attached hydrogens (tertiary/aromatic N) is 2. The van der Waals surface area contributed by atoms with Gasteiger partial charge in [-0.2, -0.15) is 0 Å². The lowest BCUT2D eigenvalue weighted by Gasteiger charge is -2.25. The average molecular weight is 412 g/mol. The highest BCUT2D eigenvalue weighted by molar-refractivity contribution is 6.01. The van der Waals surface area contributed by atoms with Crippen molar-refractivity contribution in [2.75, 3.05) is 7.11 Å². The van der Waals surface area contributed by atoms with Gasteiger partial charge < -0.3 is 15.4 Å². The molecule has 0 spiro atoms. The molecule has 0 bridgehead atoms. The van der Waals surface area contributed by atoms with E-state index in [0.717, 1.165) is 5.56 Å². The molecule has 1 aromatic carbocycles. The molecule has 0 aliphatic heterocycles. The van der Waals surface area contributed by atoms with Crippen molar-refractivity contribution in [2.45, 2.75) is 44.3 Å². The molecule has 1 aromatic heterocycles. The fourth-order valence-corrected chi connectivity index (χ4v) is 3.51. The van der Waals surface area contributed by atoms with E-state index in [0.29, 0.717) is 43.5 Å². The molecule has 1 aliphatic rings. The van der Waals surface area contributed by atoms with E-state index in [1.165, 1.54) is 13.2 Å². The van der Waals surface area contributed by atoms with Crippen molar-refractivity contribution < 1.29 is 19.2 Å². The summed E-state index contributed by atoms with van der Waals surface area (Å²) in [5.41, 5.74) is 1.44. The van der Waals surface area contributed by atoms with Gasteiger partial charge in [0.25, 0.3) is 11.8 Å². The third kappa shape index (κ3) is 5.31. The molecule has 158 valence electrons. The molecule has 1 fully saturated rings. The summed E-state index contributed by atoms with van der Waals surface area (Å²) in [5, 5.41) is 16.6. The number of amides is 2. The Hall–Kier alpha value is -3.49. The van der Waals surface area contributed by atoms with Crippen LogP contribution in [0.3, 0.4) is 0 Å². The molecule has 0 radical (unpaired) electrons. The molecule has 2 aromatic rings. The zero-order valence-electron chi connectivity index (χ0n) is 16.7. The van der Waals surface area contributed by atoms with Gasteiger partial charge in [-0.25, -0.2) is 0 Å². The number of nitrogens with one attached hydrogen (secondary N) is 2. The maximum absolute atomic E-state index is 12.7. The van der Waals surface area contributed by atoms with Crippen LogP contribution in [0.1, 0.15) is 52.0 Å². The van der Waals surface area contributed by atoms with Crippen LogP contribution in [0.5, 0.6) is 5.75 Å². The standard InChI is InChI=1S/C21H24N4O5/c1-30-19-9-4-15(20(26)24-16-5-7-17(8-6-16)25(28)29)11-18(19)21(27)23-13-14-3-2-10-22-12-14/h2-4,9-12,16-17H,5-8,13H2,1H3,(H,23,27)(H,24,26)/t16-,17-. The Morgan fingerprint density at radius 2 is 1.97 bits per heavy atom. The molecule has 9 nitrogen and oxygen atoms in total. The molecule has 9 heteroatoms. The molecule has 1 heterocycles. The Morgan fingerprint density at radius 1 is 1.20 bits per heavy atom. The van der Waals surface area contributed by atoms with Crippen LogP contribution in [-0.2, 0) is 6.54 Å². The van der Waals surface area contributed by atoms with E-state index in [4.69, 9.17) is 4.74 Å². The number of aromatic nitrogens is 1. The number of hydrogen-bond acceptors (Lipinski definition) is 6. The molecular weight excluding hydrogens is 388 g/mol. The fourth-order valence-electron chi connectivity index (χ4n) is 3.51. The van der Waals surface area contributed by atoms with Gasteiger partial charge in [0.05, 0.1) is 12.7 Å². The van der Waals surface area contributed by atoms with Crippen LogP contribution >= 0.6 is 0 Å². The first-order valence-electron chi connectivity index (χ1n) is 9.77. The largest absolute Gasteiger partial charge is 0.496 e. The van der Waals surface area contributed by atoms with Crippen LogP contribution in [0.25, 0.3) is 0 Å². The van der Waals surface area contributed by atoms with Gasteiger partial charge in [-0.3, -0.25) is 24.7 Å². The molecule has 1 saturated carbocycles. The summed E-state index contributed by atoms with van der Waals surface area (Å²) in [5.74, 6) is -0.318. The molecule has 0 saturated heterocycles. The first kappa shape index (κ1) is 21.2. The molecule has 1 aliphatic carbocycles. The monoisotopic (exact) mass is 412 g/mol. The third-order valence-corrected chi connectivity index (χ3v) is 5.21. The molecule has 2 N–H and O–H groups in total. The molecule has 0 unspecified atom stereocenters. The quantitative estimate of drug-likeness (QED) is 0.531. The molecule has 0 atom stereocenters. The normalized spacial score (nSPS) is 18.3. The zero-order chi connectivity index (χ0) is 21.5. The van der Waals surface area contributed by atoms with E-state index < -0.39 is 6.04 Å². The number of ether oxygens (including phenoxy) is 1. The lowest BCUT2D eigenvalue weighted by molar-refractivity contribution is -0.526. The van der Waals surface area contributed by atoms with Crippen LogP contribution in [-0.4, -0.2) is 40.9 Å². The number of rotatable bonds is 7. The summed E-state index contributed by atoms with van der Waals surface area (Å²) in [6.07, 6.45) is 5.33. The maximum Gasteiger partial charge on any atom is 0.255 e. The van der Waals surface area contributed by atoms with Gasteiger partial charge >= 0.3 is 0 Å². The topological polar surface area (TPSA) is 123 Å². The van der Waals surface area contributed by atoms with Gasteiger partial charge in [0, 0.05) is 48.3 Å². The highest BCUT2D eigenvalue weighted by Crippen LogP contribution is 2.23.